The predicted molar refractivity (Wildman–Crippen MR) is 175 cm³/mol. The molecule has 3 N–H and O–H groups in total. The quantitative estimate of drug-likeness (QED) is 0.334. The van der Waals surface area contributed by atoms with E-state index in [1.807, 2.05) is 0 Å². The van der Waals surface area contributed by atoms with Crippen LogP contribution in [0.15, 0.2) is 42.0 Å². The molecule has 40 heavy (non-hydrogen) atoms. The number of benzene rings is 1. The van der Waals surface area contributed by atoms with Gasteiger partial charge in [-0.3, -0.25) is 0 Å². The average Bonchev–Trinajstić information content (AvgIpc) is 2.99. The van der Waals surface area contributed by atoms with Crippen LogP contribution in [0.3, 0.4) is 0 Å². The summed E-state index contributed by atoms with van der Waals surface area (Å²) < 4.78 is 0. The van der Waals surface area contributed by atoms with Crippen molar-refractivity contribution in [2.24, 2.45) is 11.8 Å². The minimum Gasteiger partial charge on any atom is -0.317 e. The monoisotopic (exact) mass is 553 g/mol. The highest BCUT2D eigenvalue weighted by Crippen LogP contribution is 2.20. The van der Waals surface area contributed by atoms with Crippen LogP contribution < -0.4 is 16.0 Å². The molecule has 2 aliphatic heterocycles. The van der Waals surface area contributed by atoms with Crippen LogP contribution in [-0.4, -0.2) is 63.8 Å². The van der Waals surface area contributed by atoms with Gasteiger partial charge >= 0.3 is 0 Å². The van der Waals surface area contributed by atoms with Crippen molar-refractivity contribution in [2.45, 2.75) is 110 Å². The van der Waals surface area contributed by atoms with Crippen LogP contribution in [0.4, 0.5) is 0 Å². The molecule has 0 saturated carbocycles. The third kappa shape index (κ3) is 15.7. The highest BCUT2D eigenvalue weighted by Gasteiger charge is 2.15. The van der Waals surface area contributed by atoms with Gasteiger partial charge in [-0.25, -0.2) is 0 Å². The molecule has 3 rings (SSSR count). The normalized spacial score (nSPS) is 25.5. The maximum absolute atomic E-state index is 3.88. The van der Waals surface area contributed by atoms with Crippen LogP contribution in [0, 0.1) is 11.8 Å². The Balaban J connectivity index is 1.46. The van der Waals surface area contributed by atoms with E-state index < -0.39 is 0 Å². The molecule has 0 aromatic heterocycles. The number of hydrogen-bond donors (Lipinski definition) is 3. The Hall–Kier alpha value is -1.20. The first-order valence-corrected chi connectivity index (χ1v) is 17.4. The van der Waals surface area contributed by atoms with Crippen molar-refractivity contribution >= 4 is 0 Å². The summed E-state index contributed by atoms with van der Waals surface area (Å²) in [4.78, 5) is 2.78. The highest BCUT2D eigenvalue weighted by atomic mass is 15.1. The molecule has 1 fully saturated rings. The minimum absolute atomic E-state index is 0.773. The van der Waals surface area contributed by atoms with Crippen molar-refractivity contribution in [3.63, 3.8) is 0 Å². The zero-order valence-corrected chi connectivity index (χ0v) is 26.2. The summed E-state index contributed by atoms with van der Waals surface area (Å²) in [5.41, 5.74) is 3.12. The summed E-state index contributed by atoms with van der Waals surface area (Å²) >= 11 is 0. The van der Waals surface area contributed by atoms with Crippen molar-refractivity contribution in [3.8, 4) is 0 Å². The summed E-state index contributed by atoms with van der Waals surface area (Å²) in [5.74, 6) is 1.69. The van der Waals surface area contributed by atoms with Crippen LogP contribution >= 0.6 is 0 Å². The lowest BCUT2D eigenvalue weighted by atomic mass is 9.95. The molecule has 228 valence electrons. The SMILES string of the molecule is CCC1CCCNCCCN(CC2CCCCCCCC(Cc3ccccc3)=CCCCNC2)CCNCCC1. The second-order valence-corrected chi connectivity index (χ2v) is 12.8. The topological polar surface area (TPSA) is 39.3 Å². The molecule has 2 aliphatic rings. The first-order valence-electron chi connectivity index (χ1n) is 17.4. The molecule has 2 atom stereocenters. The second kappa shape index (κ2) is 22.4. The van der Waals surface area contributed by atoms with E-state index in [1.54, 1.807) is 5.57 Å². The largest absolute Gasteiger partial charge is 0.317 e. The third-order valence-electron chi connectivity index (χ3n) is 9.27. The lowest BCUT2D eigenvalue weighted by Gasteiger charge is -2.28. The third-order valence-corrected chi connectivity index (χ3v) is 9.27. The van der Waals surface area contributed by atoms with Gasteiger partial charge in [-0.05, 0) is 127 Å². The zero-order chi connectivity index (χ0) is 27.9. The van der Waals surface area contributed by atoms with Gasteiger partial charge < -0.3 is 20.9 Å². The molecule has 0 spiro atoms. The van der Waals surface area contributed by atoms with E-state index >= 15 is 0 Å². The Morgan fingerprint density at radius 1 is 0.675 bits per heavy atom. The molecule has 0 bridgehead atoms. The lowest BCUT2D eigenvalue weighted by molar-refractivity contribution is 0.215. The fourth-order valence-corrected chi connectivity index (χ4v) is 6.69. The van der Waals surface area contributed by atoms with Gasteiger partial charge in [-0.2, -0.15) is 0 Å². The molecule has 4 nitrogen and oxygen atoms in total. The van der Waals surface area contributed by atoms with Gasteiger partial charge in [-0.15, -0.1) is 0 Å². The summed E-state index contributed by atoms with van der Waals surface area (Å²) in [5, 5.41) is 11.4. The van der Waals surface area contributed by atoms with E-state index in [0.29, 0.717) is 0 Å². The predicted octanol–water partition coefficient (Wildman–Crippen LogP) is 7.36. The number of rotatable bonds is 5. The zero-order valence-electron chi connectivity index (χ0n) is 26.2. The molecular formula is C36H64N4. The maximum atomic E-state index is 3.88. The van der Waals surface area contributed by atoms with E-state index in [4.69, 9.17) is 0 Å². The first kappa shape index (κ1) is 33.3. The molecule has 0 radical (unpaired) electrons. The van der Waals surface area contributed by atoms with Gasteiger partial charge in [0, 0.05) is 19.6 Å². The summed E-state index contributed by atoms with van der Waals surface area (Å²) in [6.45, 7) is 13.1. The molecule has 0 amide bonds. The molecular weight excluding hydrogens is 488 g/mol. The molecule has 2 unspecified atom stereocenters. The number of hydrogen-bond acceptors (Lipinski definition) is 4. The van der Waals surface area contributed by atoms with Gasteiger partial charge in [0.25, 0.3) is 0 Å². The maximum Gasteiger partial charge on any atom is 0.0107 e. The summed E-state index contributed by atoms with van der Waals surface area (Å²) in [6, 6.07) is 11.1. The van der Waals surface area contributed by atoms with Gasteiger partial charge in [0.2, 0.25) is 0 Å². The van der Waals surface area contributed by atoms with Crippen LogP contribution in [0.1, 0.15) is 109 Å². The number of nitrogens with zero attached hydrogens (tertiary/aromatic N) is 1. The van der Waals surface area contributed by atoms with Crippen molar-refractivity contribution < 1.29 is 0 Å². The molecule has 1 aromatic carbocycles. The van der Waals surface area contributed by atoms with Crippen molar-refractivity contribution in [2.75, 3.05) is 58.9 Å². The van der Waals surface area contributed by atoms with E-state index in [9.17, 15) is 0 Å². The van der Waals surface area contributed by atoms with Crippen LogP contribution in [0.25, 0.3) is 0 Å². The van der Waals surface area contributed by atoms with E-state index in [0.717, 1.165) is 31.3 Å². The number of nitrogens with one attached hydrogen (secondary N) is 3. The first-order chi connectivity index (χ1) is 19.8. The number of allylic oxidation sites excluding steroid dienone is 2. The fraction of sp³-hybridized carbons (Fsp3) is 0.778. The van der Waals surface area contributed by atoms with Gasteiger partial charge in [0.05, 0.1) is 0 Å². The van der Waals surface area contributed by atoms with Crippen molar-refractivity contribution in [3.05, 3.63) is 47.5 Å². The Kier molecular flexibility index (Phi) is 18.7. The standard InChI is InChI=1S/C36H64N4/c1-2-33-21-13-24-37-26-15-28-40(29-27-38-25-14-22-33)32-36-20-8-5-3-4-7-16-35(19-11-12-23-39-31-36)30-34-17-9-6-10-18-34/h6,9-10,17-19,33,36-39H,2-5,7-8,11-16,20-32H2,1H3. The molecule has 2 heterocycles. The Morgan fingerprint density at radius 2 is 1.38 bits per heavy atom. The van der Waals surface area contributed by atoms with Crippen LogP contribution in [-0.2, 0) is 6.42 Å². The van der Waals surface area contributed by atoms with Gasteiger partial charge in [0.15, 0.2) is 0 Å². The van der Waals surface area contributed by atoms with E-state index in [1.165, 1.54) is 148 Å². The summed E-state index contributed by atoms with van der Waals surface area (Å²) in [7, 11) is 0. The van der Waals surface area contributed by atoms with Gasteiger partial charge in [-0.1, -0.05) is 81.0 Å². The summed E-state index contributed by atoms with van der Waals surface area (Å²) in [6.07, 6.45) is 23.8. The van der Waals surface area contributed by atoms with E-state index in [-0.39, 0.29) is 0 Å². The van der Waals surface area contributed by atoms with Crippen LogP contribution in [0.2, 0.25) is 0 Å². The molecule has 0 aliphatic carbocycles. The molecule has 1 aromatic rings. The molecule has 4 heteroatoms. The van der Waals surface area contributed by atoms with Crippen molar-refractivity contribution in [1.82, 2.24) is 20.9 Å². The van der Waals surface area contributed by atoms with Crippen molar-refractivity contribution in [1.29, 1.82) is 0 Å². The van der Waals surface area contributed by atoms with Gasteiger partial charge in [0.1, 0.15) is 0 Å². The highest BCUT2D eigenvalue weighted by molar-refractivity contribution is 5.21. The Bertz CT molecular complexity index is 748. The fourth-order valence-electron chi connectivity index (χ4n) is 6.69. The smallest absolute Gasteiger partial charge is 0.0107 e. The average molecular weight is 553 g/mol. The Morgan fingerprint density at radius 3 is 2.20 bits per heavy atom. The van der Waals surface area contributed by atoms with E-state index in [2.05, 4.69) is 64.2 Å². The minimum atomic E-state index is 0.773. The second-order valence-electron chi connectivity index (χ2n) is 12.8. The lowest BCUT2D eigenvalue weighted by Crippen LogP contribution is -2.40. The Labute approximate surface area is 248 Å². The molecule has 1 saturated heterocycles. The van der Waals surface area contributed by atoms with Crippen LogP contribution in [0.5, 0.6) is 0 Å².